The topological polar surface area (TPSA) is 26.0 Å². The average Bonchev–Trinajstić information content (AvgIpc) is 3.79. The summed E-state index contributed by atoms with van der Waals surface area (Å²) in [7, 11) is 0. The Morgan fingerprint density at radius 2 is 1.37 bits per heavy atom. The van der Waals surface area contributed by atoms with Crippen LogP contribution in [-0.4, -0.2) is 5.67 Å². The van der Waals surface area contributed by atoms with E-state index in [4.69, 9.17) is 5.73 Å². The Morgan fingerprint density at radius 1 is 0.837 bits per heavy atom. The first-order valence-corrected chi connectivity index (χ1v) is 18.0. The number of aryl methyl sites for hydroxylation is 3. The van der Waals surface area contributed by atoms with Gasteiger partial charge in [-0.05, 0) is 125 Å². The van der Waals surface area contributed by atoms with Crippen molar-refractivity contribution in [2.45, 2.75) is 190 Å². The molecule has 43 heavy (non-hydrogen) atoms. The van der Waals surface area contributed by atoms with Crippen molar-refractivity contribution in [2.75, 3.05) is 0 Å². The Hall–Kier alpha value is -1.57. The third-order valence-corrected chi connectivity index (χ3v) is 10.2. The molecule has 1 aromatic rings. The molecule has 0 spiro atoms. The van der Waals surface area contributed by atoms with Crippen molar-refractivity contribution in [1.82, 2.24) is 0 Å². The lowest BCUT2D eigenvalue weighted by molar-refractivity contribution is 0.167. The minimum atomic E-state index is -0.908. The van der Waals surface area contributed by atoms with Crippen molar-refractivity contribution in [3.8, 4) is 0 Å². The highest BCUT2D eigenvalue weighted by molar-refractivity contribution is 5.41. The molecular weight excluding hydrogens is 525 g/mol. The van der Waals surface area contributed by atoms with E-state index in [1.54, 1.807) is 23.6 Å². The summed E-state index contributed by atoms with van der Waals surface area (Å²) in [6, 6.07) is 5.04. The van der Waals surface area contributed by atoms with E-state index in [0.717, 1.165) is 30.9 Å². The Kier molecular flexibility index (Phi) is 19.7. The van der Waals surface area contributed by atoms with E-state index in [-0.39, 0.29) is 5.41 Å². The number of nitrogens with two attached hydrogens (primary N) is 1. The summed E-state index contributed by atoms with van der Waals surface area (Å²) in [5, 5.41) is 0. The maximum absolute atomic E-state index is 12.8. The number of hydrogen-bond donors (Lipinski definition) is 1. The van der Waals surface area contributed by atoms with E-state index in [0.29, 0.717) is 18.3 Å². The average molecular weight is 600 g/mol. The van der Waals surface area contributed by atoms with Crippen molar-refractivity contribution in [3.63, 3.8) is 0 Å². The Labute approximate surface area is 269 Å². The van der Waals surface area contributed by atoms with Gasteiger partial charge < -0.3 is 5.73 Å². The molecule has 2 rings (SSSR count). The molecule has 1 fully saturated rings. The fourth-order valence-corrected chi connectivity index (χ4v) is 6.71. The van der Waals surface area contributed by atoms with Gasteiger partial charge in [0.1, 0.15) is 5.67 Å². The van der Waals surface area contributed by atoms with Gasteiger partial charge in [0.15, 0.2) is 0 Å². The lowest BCUT2D eigenvalue weighted by atomic mass is 9.73. The smallest absolute Gasteiger partial charge is 0.108 e. The van der Waals surface area contributed by atoms with E-state index in [1.165, 1.54) is 81.8 Å². The van der Waals surface area contributed by atoms with Gasteiger partial charge in [-0.25, -0.2) is 4.39 Å². The molecule has 0 saturated heterocycles. The van der Waals surface area contributed by atoms with Gasteiger partial charge in [0.05, 0.1) is 0 Å². The molecule has 0 heterocycles. The lowest BCUT2D eigenvalue weighted by Crippen LogP contribution is -2.23. The molecule has 1 atom stereocenters. The Bertz CT molecular complexity index is 925. The zero-order valence-corrected chi connectivity index (χ0v) is 30.9. The van der Waals surface area contributed by atoms with Crippen molar-refractivity contribution in [1.29, 1.82) is 0 Å². The number of allylic oxidation sites excluding steroid dienone is 2. The molecular formula is C41H74FN. The zero-order chi connectivity index (χ0) is 33.3. The molecule has 1 nitrogen and oxygen atoms in total. The van der Waals surface area contributed by atoms with Crippen LogP contribution in [0.15, 0.2) is 36.6 Å². The molecule has 0 bridgehead atoms. The second-order valence-corrected chi connectivity index (χ2v) is 14.4. The first kappa shape index (κ1) is 41.4. The van der Waals surface area contributed by atoms with E-state index in [2.05, 4.69) is 80.7 Å². The second kappa shape index (κ2) is 20.5. The van der Waals surface area contributed by atoms with Crippen LogP contribution in [0.1, 0.15) is 187 Å². The quantitative estimate of drug-likeness (QED) is 0.167. The molecule has 0 aliphatic heterocycles. The SMILES string of the molecule is C=C(C)CC(CC)(CC)CCCc1cc(C2CC2)c(C)cc1CC.C=C(N)C(C)(CCC)CCC.CCCC(C)(F)CC. The molecule has 2 heteroatoms. The van der Waals surface area contributed by atoms with E-state index >= 15 is 0 Å². The number of halogens is 1. The van der Waals surface area contributed by atoms with Crippen LogP contribution >= 0.6 is 0 Å². The third kappa shape index (κ3) is 15.3. The summed E-state index contributed by atoms with van der Waals surface area (Å²) in [6.45, 7) is 31.7. The molecule has 1 unspecified atom stereocenters. The van der Waals surface area contributed by atoms with Gasteiger partial charge in [-0.1, -0.05) is 112 Å². The number of benzene rings is 1. The summed E-state index contributed by atoms with van der Waals surface area (Å²) >= 11 is 0. The fourth-order valence-electron chi connectivity index (χ4n) is 6.71. The van der Waals surface area contributed by atoms with Gasteiger partial charge in [0.2, 0.25) is 0 Å². The molecule has 1 saturated carbocycles. The van der Waals surface area contributed by atoms with Crippen LogP contribution in [0.2, 0.25) is 0 Å². The minimum absolute atomic E-state index is 0.184. The fraction of sp³-hybridized carbons (Fsp3) is 0.756. The lowest BCUT2D eigenvalue weighted by Gasteiger charge is -2.32. The standard InChI is InChI=1S/C24H38.C10H21N.C7H15F/c1-7-20-15-19(6)23(21-12-13-21)16-22(20)11-10-14-24(8-2,9-3)17-18(4)5;1-5-7-10(4,8-6-2)9(3)11;1-4-6-7(3,8)5-2/h15-16,21H,4,7-14,17H2,1-3,5-6H3;3,5-8,11H2,1-2,4H3;4-6H2,1-3H3. The minimum Gasteiger partial charge on any atom is -0.402 e. The van der Waals surface area contributed by atoms with Crippen molar-refractivity contribution < 1.29 is 4.39 Å². The number of hydrogen-bond acceptors (Lipinski definition) is 1. The molecule has 0 amide bonds. The summed E-state index contributed by atoms with van der Waals surface area (Å²) < 4.78 is 12.8. The predicted molar refractivity (Wildman–Crippen MR) is 194 cm³/mol. The second-order valence-electron chi connectivity index (χ2n) is 14.4. The maximum atomic E-state index is 12.8. The van der Waals surface area contributed by atoms with Crippen LogP contribution in [0.4, 0.5) is 4.39 Å². The van der Waals surface area contributed by atoms with Crippen molar-refractivity contribution in [2.24, 2.45) is 16.6 Å². The van der Waals surface area contributed by atoms with Gasteiger partial charge in [-0.15, -0.1) is 6.58 Å². The summed E-state index contributed by atoms with van der Waals surface area (Å²) in [6.07, 6.45) is 18.6. The molecule has 250 valence electrons. The number of alkyl halides is 1. The van der Waals surface area contributed by atoms with E-state index in [9.17, 15) is 4.39 Å². The first-order chi connectivity index (χ1) is 20.1. The Balaban J connectivity index is 0.000000768. The van der Waals surface area contributed by atoms with Crippen molar-refractivity contribution in [3.05, 3.63) is 58.8 Å². The van der Waals surface area contributed by atoms with Gasteiger partial charge in [-0.2, -0.15) is 0 Å². The van der Waals surface area contributed by atoms with Crippen LogP contribution in [0.3, 0.4) is 0 Å². The van der Waals surface area contributed by atoms with E-state index < -0.39 is 5.67 Å². The molecule has 1 aliphatic rings. The molecule has 0 aromatic heterocycles. The predicted octanol–water partition coefficient (Wildman–Crippen LogP) is 13.5. The van der Waals surface area contributed by atoms with E-state index in [1.807, 2.05) is 13.8 Å². The van der Waals surface area contributed by atoms with Gasteiger partial charge in [-0.3, -0.25) is 0 Å². The van der Waals surface area contributed by atoms with Crippen LogP contribution in [0.5, 0.6) is 0 Å². The molecule has 2 N–H and O–H groups in total. The molecule has 1 aliphatic carbocycles. The first-order valence-electron chi connectivity index (χ1n) is 18.0. The normalized spacial score (nSPS) is 14.6. The summed E-state index contributed by atoms with van der Waals surface area (Å²) in [5.74, 6) is 0.864. The van der Waals surface area contributed by atoms with Crippen LogP contribution < -0.4 is 5.73 Å². The highest BCUT2D eigenvalue weighted by Gasteiger charge is 2.28. The third-order valence-electron chi connectivity index (χ3n) is 10.2. The van der Waals surface area contributed by atoms with Crippen LogP contribution in [-0.2, 0) is 12.8 Å². The highest BCUT2D eigenvalue weighted by atomic mass is 19.1. The van der Waals surface area contributed by atoms with Gasteiger partial charge >= 0.3 is 0 Å². The summed E-state index contributed by atoms with van der Waals surface area (Å²) in [4.78, 5) is 0. The summed E-state index contributed by atoms with van der Waals surface area (Å²) in [5.41, 5.74) is 14.1. The molecule has 1 aromatic carbocycles. The molecule has 0 radical (unpaired) electrons. The Morgan fingerprint density at radius 3 is 1.72 bits per heavy atom. The van der Waals surface area contributed by atoms with Crippen molar-refractivity contribution >= 4 is 0 Å². The van der Waals surface area contributed by atoms with Gasteiger partial charge in [0.25, 0.3) is 0 Å². The number of rotatable bonds is 18. The van der Waals surface area contributed by atoms with Crippen LogP contribution in [0, 0.1) is 17.8 Å². The van der Waals surface area contributed by atoms with Crippen LogP contribution in [0.25, 0.3) is 0 Å². The highest BCUT2D eigenvalue weighted by Crippen LogP contribution is 2.43. The zero-order valence-electron chi connectivity index (χ0n) is 30.9. The largest absolute Gasteiger partial charge is 0.402 e. The maximum Gasteiger partial charge on any atom is 0.108 e. The monoisotopic (exact) mass is 600 g/mol. The van der Waals surface area contributed by atoms with Gasteiger partial charge in [0, 0.05) is 11.1 Å².